The maximum Gasteiger partial charge on any atom is 0.303 e. The van der Waals surface area contributed by atoms with Gasteiger partial charge in [-0.15, -0.1) is 11.8 Å². The number of β-lactam (4-membered cyclic amide) rings is 1. The first-order chi connectivity index (χ1) is 17.6. The largest absolute Gasteiger partial charge is 0.455 e. The fourth-order valence-corrected chi connectivity index (χ4v) is 6.42. The molecule has 1 aliphatic heterocycles. The molecule has 6 nitrogen and oxygen atoms in total. The first-order valence-electron chi connectivity index (χ1n) is 11.7. The topological polar surface area (TPSA) is 81.2 Å². The molecule has 0 radical (unpaired) electrons. The van der Waals surface area contributed by atoms with E-state index < -0.39 is 22.7 Å². The zero-order chi connectivity index (χ0) is 25.0. The third kappa shape index (κ3) is 4.50. The second-order valence-corrected chi connectivity index (χ2v) is 9.87. The van der Waals surface area contributed by atoms with Crippen molar-refractivity contribution in [3.8, 4) is 0 Å². The first kappa shape index (κ1) is 23.8. The van der Waals surface area contributed by atoms with Crippen LogP contribution in [-0.2, 0) is 19.1 Å². The lowest BCUT2D eigenvalue weighted by atomic mass is 9.84. The van der Waals surface area contributed by atoms with Crippen LogP contribution in [0.4, 0.5) is 0 Å². The number of esters is 1. The normalized spacial score (nSPS) is 18.0. The van der Waals surface area contributed by atoms with Crippen LogP contribution in [0, 0.1) is 5.92 Å². The van der Waals surface area contributed by atoms with Crippen molar-refractivity contribution in [1.82, 2.24) is 15.3 Å². The van der Waals surface area contributed by atoms with E-state index in [0.29, 0.717) is 5.69 Å². The van der Waals surface area contributed by atoms with Crippen LogP contribution in [0.15, 0.2) is 110 Å². The summed E-state index contributed by atoms with van der Waals surface area (Å²) in [6.07, 6.45) is 3.78. The minimum atomic E-state index is -0.845. The Hall–Kier alpha value is -3.97. The van der Waals surface area contributed by atoms with Crippen molar-refractivity contribution in [2.45, 2.75) is 23.1 Å². The predicted molar refractivity (Wildman–Crippen MR) is 139 cm³/mol. The summed E-state index contributed by atoms with van der Waals surface area (Å²) in [5, 5.41) is 2.71. The van der Waals surface area contributed by atoms with Gasteiger partial charge in [0, 0.05) is 19.3 Å². The third-order valence-corrected chi connectivity index (χ3v) is 7.98. The first-order valence-corrected chi connectivity index (χ1v) is 12.6. The molecule has 3 unspecified atom stereocenters. The lowest BCUT2D eigenvalue weighted by Gasteiger charge is -2.46. The number of nitrogens with one attached hydrogen (secondary N) is 1. The number of hydrogen-bond donors (Lipinski definition) is 1. The quantitative estimate of drug-likeness (QED) is 0.213. The molecule has 1 N–H and O–H groups in total. The van der Waals surface area contributed by atoms with Gasteiger partial charge >= 0.3 is 5.97 Å². The summed E-state index contributed by atoms with van der Waals surface area (Å²) in [7, 11) is 0. The second kappa shape index (κ2) is 10.3. The average molecular weight is 496 g/mol. The van der Waals surface area contributed by atoms with Gasteiger partial charge in [0.2, 0.25) is 5.91 Å². The molecule has 3 aromatic carbocycles. The highest BCUT2D eigenvalue weighted by atomic mass is 32.2. The number of carbonyl (C=O) groups is 2. The van der Waals surface area contributed by atoms with Gasteiger partial charge in [-0.3, -0.25) is 19.6 Å². The zero-order valence-corrected chi connectivity index (χ0v) is 20.5. The maximum absolute atomic E-state index is 13.0. The Morgan fingerprint density at radius 2 is 1.42 bits per heavy atom. The van der Waals surface area contributed by atoms with Crippen LogP contribution >= 0.6 is 11.8 Å². The molecule has 0 spiro atoms. The van der Waals surface area contributed by atoms with Crippen molar-refractivity contribution in [3.63, 3.8) is 0 Å². The SMILES string of the molecule is CC(=O)OC(c1cnccn1)C1C(=O)NC1SC(c1ccccc1)(c1ccccc1)c1ccccc1. The van der Waals surface area contributed by atoms with Crippen molar-refractivity contribution in [1.29, 1.82) is 0 Å². The number of hydrogen-bond acceptors (Lipinski definition) is 6. The molecule has 1 aromatic heterocycles. The van der Waals surface area contributed by atoms with E-state index in [1.54, 1.807) is 24.2 Å². The lowest BCUT2D eigenvalue weighted by molar-refractivity contribution is -0.156. The van der Waals surface area contributed by atoms with E-state index >= 15 is 0 Å². The number of benzene rings is 3. The number of thioether (sulfide) groups is 1. The van der Waals surface area contributed by atoms with E-state index in [9.17, 15) is 9.59 Å². The molecule has 2 heterocycles. The van der Waals surface area contributed by atoms with Gasteiger partial charge in [-0.1, -0.05) is 91.0 Å². The van der Waals surface area contributed by atoms with Gasteiger partial charge in [0.1, 0.15) is 11.6 Å². The van der Waals surface area contributed by atoms with Crippen molar-refractivity contribution < 1.29 is 14.3 Å². The maximum atomic E-state index is 13.0. The summed E-state index contributed by atoms with van der Waals surface area (Å²) in [6, 6.07) is 30.8. The Labute approximate surface area is 214 Å². The molecule has 36 heavy (non-hydrogen) atoms. The number of ether oxygens (including phenoxy) is 1. The Morgan fingerprint density at radius 3 is 1.83 bits per heavy atom. The predicted octanol–water partition coefficient (Wildman–Crippen LogP) is 4.88. The monoisotopic (exact) mass is 495 g/mol. The smallest absolute Gasteiger partial charge is 0.303 e. The summed E-state index contributed by atoms with van der Waals surface area (Å²) >= 11 is 1.63. The van der Waals surface area contributed by atoms with E-state index in [1.807, 2.05) is 54.6 Å². The van der Waals surface area contributed by atoms with Crippen LogP contribution in [-0.4, -0.2) is 27.2 Å². The molecular weight excluding hydrogens is 470 g/mol. The van der Waals surface area contributed by atoms with E-state index in [4.69, 9.17) is 4.74 Å². The molecule has 7 heteroatoms. The Bertz CT molecular complexity index is 1220. The fraction of sp³-hybridized carbons (Fsp3) is 0.172. The number of carbonyl (C=O) groups excluding carboxylic acids is 2. The van der Waals surface area contributed by atoms with Crippen molar-refractivity contribution in [2.24, 2.45) is 5.92 Å². The lowest BCUT2D eigenvalue weighted by Crippen LogP contribution is -2.60. The Morgan fingerprint density at radius 1 is 0.889 bits per heavy atom. The summed E-state index contributed by atoms with van der Waals surface area (Å²) in [5.41, 5.74) is 3.69. The molecule has 0 saturated carbocycles. The zero-order valence-electron chi connectivity index (χ0n) is 19.7. The van der Waals surface area contributed by atoms with Crippen molar-refractivity contribution >= 4 is 23.6 Å². The highest BCUT2D eigenvalue weighted by Gasteiger charge is 2.52. The summed E-state index contributed by atoms with van der Waals surface area (Å²) in [4.78, 5) is 33.5. The highest BCUT2D eigenvalue weighted by molar-refractivity contribution is 8.01. The minimum absolute atomic E-state index is 0.188. The molecule has 1 aliphatic rings. The van der Waals surface area contributed by atoms with Crippen LogP contribution in [0.25, 0.3) is 0 Å². The molecule has 3 atom stereocenters. The van der Waals surface area contributed by atoms with Crippen LogP contribution in [0.1, 0.15) is 35.4 Å². The van der Waals surface area contributed by atoms with E-state index in [1.165, 1.54) is 13.1 Å². The highest BCUT2D eigenvalue weighted by Crippen LogP contribution is 2.53. The second-order valence-electron chi connectivity index (χ2n) is 8.51. The average Bonchev–Trinajstić information content (AvgIpc) is 2.92. The standard InChI is InChI=1S/C29H25N3O3S/c1-20(33)35-26(24-19-30-17-18-31-24)25-27(34)32-28(25)36-29(21-11-5-2-6-12-21,22-13-7-3-8-14-22)23-15-9-4-10-16-23/h2-19,25-26,28H,1H3,(H,32,34). The van der Waals surface area contributed by atoms with Gasteiger partial charge in [-0.25, -0.2) is 0 Å². The molecule has 0 bridgehead atoms. The molecule has 1 saturated heterocycles. The minimum Gasteiger partial charge on any atom is -0.455 e. The molecule has 4 aromatic rings. The van der Waals surface area contributed by atoms with Crippen LogP contribution in [0.2, 0.25) is 0 Å². The van der Waals surface area contributed by atoms with Gasteiger partial charge in [0.25, 0.3) is 0 Å². The number of rotatable bonds is 8. The Balaban J connectivity index is 1.63. The molecule has 1 amide bonds. The third-order valence-electron chi connectivity index (χ3n) is 6.25. The van der Waals surface area contributed by atoms with Gasteiger partial charge in [-0.05, 0) is 16.7 Å². The van der Waals surface area contributed by atoms with Gasteiger partial charge in [-0.2, -0.15) is 0 Å². The van der Waals surface area contributed by atoms with Crippen molar-refractivity contribution in [3.05, 3.63) is 132 Å². The number of amides is 1. The van der Waals surface area contributed by atoms with Crippen LogP contribution in [0.3, 0.4) is 0 Å². The number of nitrogens with zero attached hydrogens (tertiary/aromatic N) is 2. The van der Waals surface area contributed by atoms with Gasteiger partial charge in [0.15, 0.2) is 6.10 Å². The van der Waals surface area contributed by atoms with E-state index in [-0.39, 0.29) is 11.3 Å². The molecule has 5 rings (SSSR count). The van der Waals surface area contributed by atoms with Crippen LogP contribution < -0.4 is 5.32 Å². The molecule has 180 valence electrons. The van der Waals surface area contributed by atoms with Gasteiger partial charge in [0.05, 0.1) is 16.3 Å². The summed E-state index contributed by atoms with van der Waals surface area (Å²) in [5.74, 6) is -1.30. The number of aromatic nitrogens is 2. The van der Waals surface area contributed by atoms with Crippen molar-refractivity contribution in [2.75, 3.05) is 0 Å². The van der Waals surface area contributed by atoms with Gasteiger partial charge < -0.3 is 10.1 Å². The van der Waals surface area contributed by atoms with E-state index in [0.717, 1.165) is 16.7 Å². The summed E-state index contributed by atoms with van der Waals surface area (Å²) in [6.45, 7) is 1.34. The Kier molecular flexibility index (Phi) is 6.82. The molecular formula is C29H25N3O3S. The fourth-order valence-electron chi connectivity index (χ4n) is 4.63. The molecule has 0 aliphatic carbocycles. The van der Waals surface area contributed by atoms with E-state index in [2.05, 4.69) is 51.7 Å². The summed E-state index contributed by atoms with van der Waals surface area (Å²) < 4.78 is 5.02. The van der Waals surface area contributed by atoms with Crippen LogP contribution in [0.5, 0.6) is 0 Å². The molecule has 1 fully saturated rings.